The van der Waals surface area contributed by atoms with E-state index in [-0.39, 0.29) is 0 Å². The van der Waals surface area contributed by atoms with Gasteiger partial charge in [-0.05, 0) is 6.92 Å². The number of halogens is 2. The summed E-state index contributed by atoms with van der Waals surface area (Å²) in [6.07, 6.45) is -2.44. The first kappa shape index (κ1) is 12.0. The standard InChI is InChI=1S/C7H7F2N3O4/c1-3(7(13)14)11-2-4(12(15)16)5(10-11)6(8)9/h2-3,6H,1H3,(H,13,14)/t3-/m0/s1. The van der Waals surface area contributed by atoms with Crippen LogP contribution in [0, 0.1) is 10.1 Å². The zero-order valence-electron chi connectivity index (χ0n) is 8.00. The number of aromatic nitrogens is 2. The molecule has 1 N–H and O–H groups in total. The number of nitro groups is 1. The second kappa shape index (κ2) is 4.21. The van der Waals surface area contributed by atoms with E-state index in [0.717, 1.165) is 0 Å². The summed E-state index contributed by atoms with van der Waals surface area (Å²) in [6, 6.07) is -1.24. The van der Waals surface area contributed by atoms with Gasteiger partial charge in [-0.3, -0.25) is 14.8 Å². The van der Waals surface area contributed by atoms with Crippen molar-refractivity contribution in [2.24, 2.45) is 0 Å². The van der Waals surface area contributed by atoms with Gasteiger partial charge in [0.25, 0.3) is 6.43 Å². The van der Waals surface area contributed by atoms with Gasteiger partial charge in [0, 0.05) is 0 Å². The summed E-state index contributed by atoms with van der Waals surface area (Å²) in [5, 5.41) is 22.2. The number of carbonyl (C=O) groups is 1. The average Bonchev–Trinajstić information content (AvgIpc) is 2.60. The lowest BCUT2D eigenvalue weighted by molar-refractivity contribution is -0.386. The molecule has 0 unspecified atom stereocenters. The van der Waals surface area contributed by atoms with Gasteiger partial charge >= 0.3 is 11.7 Å². The van der Waals surface area contributed by atoms with Gasteiger partial charge in [0.1, 0.15) is 12.2 Å². The fourth-order valence-electron chi connectivity index (χ4n) is 1.00. The number of aliphatic carboxylic acids is 1. The van der Waals surface area contributed by atoms with Crippen molar-refractivity contribution in [2.75, 3.05) is 0 Å². The molecule has 1 aromatic heterocycles. The third-order valence-electron chi connectivity index (χ3n) is 1.90. The Bertz CT molecular complexity index is 431. The van der Waals surface area contributed by atoms with Crippen molar-refractivity contribution >= 4 is 11.7 Å². The zero-order valence-corrected chi connectivity index (χ0v) is 8.00. The molecule has 0 aliphatic heterocycles. The minimum Gasteiger partial charge on any atom is -0.480 e. The molecule has 0 amide bonds. The molecule has 1 rings (SSSR count). The highest BCUT2D eigenvalue weighted by molar-refractivity contribution is 5.71. The van der Waals surface area contributed by atoms with E-state index >= 15 is 0 Å². The second-order valence-corrected chi connectivity index (χ2v) is 2.95. The van der Waals surface area contributed by atoms with E-state index in [9.17, 15) is 23.7 Å². The summed E-state index contributed by atoms with van der Waals surface area (Å²) < 4.78 is 25.3. The number of carboxylic acid groups (broad SMARTS) is 1. The van der Waals surface area contributed by atoms with Crippen LogP contribution in [-0.2, 0) is 4.79 Å². The van der Waals surface area contributed by atoms with Crippen LogP contribution in [0.5, 0.6) is 0 Å². The minimum atomic E-state index is -3.12. The van der Waals surface area contributed by atoms with E-state index in [1.165, 1.54) is 6.92 Å². The fourth-order valence-corrected chi connectivity index (χ4v) is 1.00. The Morgan fingerprint density at radius 1 is 1.69 bits per heavy atom. The molecule has 0 spiro atoms. The van der Waals surface area contributed by atoms with E-state index < -0.39 is 34.7 Å². The van der Waals surface area contributed by atoms with Gasteiger partial charge in [-0.1, -0.05) is 0 Å². The summed E-state index contributed by atoms with van der Waals surface area (Å²) in [4.78, 5) is 19.9. The number of alkyl halides is 2. The first-order valence-electron chi connectivity index (χ1n) is 4.09. The molecule has 0 bridgehead atoms. The Balaban J connectivity index is 3.21. The zero-order chi connectivity index (χ0) is 12.5. The largest absolute Gasteiger partial charge is 0.480 e. The molecular formula is C7H7F2N3O4. The lowest BCUT2D eigenvalue weighted by Crippen LogP contribution is -2.16. The van der Waals surface area contributed by atoms with Crippen LogP contribution in [-0.4, -0.2) is 25.8 Å². The monoisotopic (exact) mass is 235 g/mol. The Morgan fingerprint density at radius 3 is 2.56 bits per heavy atom. The first-order valence-corrected chi connectivity index (χ1v) is 4.09. The predicted octanol–water partition coefficient (Wildman–Crippen LogP) is 1.37. The molecule has 0 fully saturated rings. The lowest BCUT2D eigenvalue weighted by atomic mass is 10.3. The Labute approximate surface area is 87.4 Å². The molecular weight excluding hydrogens is 228 g/mol. The molecule has 1 heterocycles. The van der Waals surface area contributed by atoms with Gasteiger partial charge in [0.15, 0.2) is 0 Å². The lowest BCUT2D eigenvalue weighted by Gasteiger charge is -2.04. The molecule has 0 saturated heterocycles. The van der Waals surface area contributed by atoms with Crippen molar-refractivity contribution in [3.05, 3.63) is 22.0 Å². The molecule has 0 aliphatic carbocycles. The minimum absolute atomic E-state index is 0.627. The van der Waals surface area contributed by atoms with Gasteiger partial charge in [0.2, 0.25) is 5.69 Å². The molecule has 0 saturated carbocycles. The molecule has 9 heteroatoms. The Hall–Kier alpha value is -2.06. The molecule has 1 atom stereocenters. The van der Waals surface area contributed by atoms with Crippen LogP contribution in [0.2, 0.25) is 0 Å². The topological polar surface area (TPSA) is 98.3 Å². The number of carboxylic acids is 1. The van der Waals surface area contributed by atoms with Crippen LogP contribution in [0.1, 0.15) is 25.1 Å². The van der Waals surface area contributed by atoms with Crippen LogP contribution in [0.4, 0.5) is 14.5 Å². The second-order valence-electron chi connectivity index (χ2n) is 2.95. The van der Waals surface area contributed by atoms with Crippen molar-refractivity contribution in [1.29, 1.82) is 0 Å². The maximum absolute atomic E-state index is 12.3. The smallest absolute Gasteiger partial charge is 0.328 e. The summed E-state index contributed by atoms with van der Waals surface area (Å²) in [5.74, 6) is -1.32. The first-order chi connectivity index (χ1) is 7.34. The summed E-state index contributed by atoms with van der Waals surface area (Å²) in [5.41, 5.74) is -1.92. The molecule has 0 aromatic carbocycles. The van der Waals surface area contributed by atoms with Crippen LogP contribution in [0.25, 0.3) is 0 Å². The number of nitrogens with zero attached hydrogens (tertiary/aromatic N) is 3. The summed E-state index contributed by atoms with van der Waals surface area (Å²) >= 11 is 0. The van der Waals surface area contributed by atoms with Gasteiger partial charge < -0.3 is 5.11 Å². The summed E-state index contributed by atoms with van der Waals surface area (Å²) in [7, 11) is 0. The maximum Gasteiger partial charge on any atom is 0.328 e. The molecule has 16 heavy (non-hydrogen) atoms. The fraction of sp³-hybridized carbons (Fsp3) is 0.429. The van der Waals surface area contributed by atoms with E-state index in [1.807, 2.05) is 0 Å². The van der Waals surface area contributed by atoms with Crippen molar-refractivity contribution in [3.63, 3.8) is 0 Å². The number of rotatable bonds is 4. The van der Waals surface area contributed by atoms with Crippen LogP contribution >= 0.6 is 0 Å². The highest BCUT2D eigenvalue weighted by atomic mass is 19.3. The van der Waals surface area contributed by atoms with Crippen molar-refractivity contribution in [1.82, 2.24) is 9.78 Å². The Morgan fingerprint density at radius 2 is 2.25 bits per heavy atom. The van der Waals surface area contributed by atoms with Gasteiger partial charge in [-0.15, -0.1) is 0 Å². The van der Waals surface area contributed by atoms with Gasteiger partial charge in [0.05, 0.1) is 4.92 Å². The van der Waals surface area contributed by atoms with Gasteiger partial charge in [-0.2, -0.15) is 5.10 Å². The quantitative estimate of drug-likeness (QED) is 0.627. The SMILES string of the molecule is C[C@@H](C(=O)O)n1cc([N+](=O)[O-])c(C(F)F)n1. The molecule has 0 aliphatic rings. The van der Waals surface area contributed by atoms with E-state index in [1.54, 1.807) is 0 Å². The van der Waals surface area contributed by atoms with Crippen molar-refractivity contribution in [2.45, 2.75) is 19.4 Å². The number of hydrogen-bond acceptors (Lipinski definition) is 4. The molecule has 0 radical (unpaired) electrons. The van der Waals surface area contributed by atoms with Crippen molar-refractivity contribution in [3.8, 4) is 0 Å². The third kappa shape index (κ3) is 2.12. The molecule has 7 nitrogen and oxygen atoms in total. The number of hydrogen-bond donors (Lipinski definition) is 1. The van der Waals surface area contributed by atoms with Crippen LogP contribution in [0.3, 0.4) is 0 Å². The van der Waals surface area contributed by atoms with Crippen LogP contribution in [0.15, 0.2) is 6.20 Å². The van der Waals surface area contributed by atoms with Gasteiger partial charge in [-0.25, -0.2) is 13.6 Å². The summed E-state index contributed by atoms with van der Waals surface area (Å²) in [6.45, 7) is 1.17. The Kier molecular flexibility index (Phi) is 3.16. The highest BCUT2D eigenvalue weighted by Gasteiger charge is 2.29. The third-order valence-corrected chi connectivity index (χ3v) is 1.90. The highest BCUT2D eigenvalue weighted by Crippen LogP contribution is 2.28. The van der Waals surface area contributed by atoms with E-state index in [0.29, 0.717) is 10.9 Å². The maximum atomic E-state index is 12.3. The van der Waals surface area contributed by atoms with Crippen LogP contribution < -0.4 is 0 Å². The predicted molar refractivity (Wildman–Crippen MR) is 46.2 cm³/mol. The molecule has 88 valence electrons. The van der Waals surface area contributed by atoms with E-state index in [4.69, 9.17) is 5.11 Å². The van der Waals surface area contributed by atoms with Crippen molar-refractivity contribution < 1.29 is 23.6 Å². The average molecular weight is 235 g/mol. The molecule has 1 aromatic rings. The normalized spacial score (nSPS) is 12.8. The van der Waals surface area contributed by atoms with E-state index in [2.05, 4.69) is 5.10 Å².